The number of carboxylic acid groups (broad SMARTS) is 2. The molecule has 0 bridgehead atoms. The van der Waals surface area contributed by atoms with Crippen molar-refractivity contribution < 1.29 is 34.2 Å². The zero-order chi connectivity index (χ0) is 25.5. The largest absolute Gasteiger partial charge is 0.481 e. The first-order valence-corrected chi connectivity index (χ1v) is 11.0. The van der Waals surface area contributed by atoms with E-state index in [1.165, 1.54) is 0 Å². The third-order valence-corrected chi connectivity index (χ3v) is 4.93. The predicted octanol–water partition coefficient (Wildman–Crippen LogP) is -1.28. The molecule has 0 aliphatic carbocycles. The van der Waals surface area contributed by atoms with Crippen LogP contribution in [0.5, 0.6) is 0 Å². The van der Waals surface area contributed by atoms with Gasteiger partial charge in [0.2, 0.25) is 17.7 Å². The number of carbonyl (C=O) groups excluding carboxylic acids is 3. The highest BCUT2D eigenvalue weighted by Gasteiger charge is 2.26. The molecule has 0 aliphatic rings. The summed E-state index contributed by atoms with van der Waals surface area (Å²) in [5, 5.41) is 25.3. The molecule has 0 spiro atoms. The highest BCUT2D eigenvalue weighted by Crippen LogP contribution is 2.04. The molecule has 0 aliphatic heterocycles. The number of hydrogen-bond acceptors (Lipinski definition) is 7. The summed E-state index contributed by atoms with van der Waals surface area (Å²) in [4.78, 5) is 59.4. The second kappa shape index (κ2) is 15.3. The van der Waals surface area contributed by atoms with Crippen molar-refractivity contribution in [3.63, 3.8) is 0 Å². The van der Waals surface area contributed by atoms with Gasteiger partial charge in [0.15, 0.2) is 0 Å². The predicted molar refractivity (Wildman–Crippen MR) is 122 cm³/mol. The Morgan fingerprint density at radius 1 is 0.882 bits per heavy atom. The summed E-state index contributed by atoms with van der Waals surface area (Å²) >= 11 is 0. The highest BCUT2D eigenvalue weighted by atomic mass is 16.4. The van der Waals surface area contributed by atoms with Crippen LogP contribution < -0.4 is 27.4 Å². The second-order valence-corrected chi connectivity index (χ2v) is 7.75. The number of amides is 3. The molecular weight excluding hydrogens is 446 g/mol. The van der Waals surface area contributed by atoms with Gasteiger partial charge in [-0.15, -0.1) is 0 Å². The van der Waals surface area contributed by atoms with Crippen LogP contribution in [0.2, 0.25) is 0 Å². The van der Waals surface area contributed by atoms with E-state index in [0.29, 0.717) is 31.4 Å². The maximum atomic E-state index is 12.5. The molecule has 12 nitrogen and oxygen atoms in total. The van der Waals surface area contributed by atoms with Crippen molar-refractivity contribution in [1.29, 1.82) is 0 Å². The summed E-state index contributed by atoms with van der Waals surface area (Å²) in [6.07, 6.45) is 1.08. The molecule has 0 aromatic heterocycles. The van der Waals surface area contributed by atoms with Gasteiger partial charge in [-0.3, -0.25) is 19.2 Å². The molecule has 0 radical (unpaired) electrons. The van der Waals surface area contributed by atoms with Crippen LogP contribution in [0.25, 0.3) is 0 Å². The van der Waals surface area contributed by atoms with E-state index in [4.69, 9.17) is 16.6 Å². The number of rotatable bonds is 16. The summed E-state index contributed by atoms with van der Waals surface area (Å²) in [5.74, 6) is -4.56. The minimum atomic E-state index is -1.24. The summed E-state index contributed by atoms with van der Waals surface area (Å²) in [6, 6.07) is 5.38. The summed E-state index contributed by atoms with van der Waals surface area (Å²) in [7, 11) is 0. The van der Waals surface area contributed by atoms with Crippen LogP contribution in [0.4, 0.5) is 0 Å². The summed E-state index contributed by atoms with van der Waals surface area (Å²) < 4.78 is 0. The minimum absolute atomic E-state index is 0.0508. The Labute approximate surface area is 197 Å². The molecule has 1 rings (SSSR count). The molecule has 0 saturated heterocycles. The van der Waals surface area contributed by atoms with Gasteiger partial charge in [-0.2, -0.15) is 0 Å². The van der Waals surface area contributed by atoms with Crippen LogP contribution in [-0.2, 0) is 30.4 Å². The molecule has 3 unspecified atom stereocenters. The van der Waals surface area contributed by atoms with Gasteiger partial charge in [-0.05, 0) is 31.4 Å². The third-order valence-electron chi connectivity index (χ3n) is 4.93. The number of nitrogens with one attached hydrogen (secondary N) is 3. The number of aliphatic carboxylic acids is 2. The van der Waals surface area contributed by atoms with Gasteiger partial charge in [0, 0.05) is 12.8 Å². The quantitative estimate of drug-likeness (QED) is 0.140. The lowest BCUT2D eigenvalue weighted by molar-refractivity contribution is -0.141. The molecule has 1 aromatic rings. The zero-order valence-electron chi connectivity index (χ0n) is 18.9. The Bertz CT molecular complexity index is 834. The first kappa shape index (κ1) is 28.5. The number of nitrogens with two attached hydrogens (primary N) is 2. The van der Waals surface area contributed by atoms with Gasteiger partial charge in [0.1, 0.15) is 12.1 Å². The van der Waals surface area contributed by atoms with Crippen LogP contribution in [-0.4, -0.2) is 71.1 Å². The van der Waals surface area contributed by atoms with Crippen molar-refractivity contribution in [2.75, 3.05) is 13.1 Å². The van der Waals surface area contributed by atoms with Gasteiger partial charge in [-0.25, -0.2) is 4.79 Å². The lowest BCUT2D eigenvalue weighted by Gasteiger charge is -2.20. The van der Waals surface area contributed by atoms with Gasteiger partial charge >= 0.3 is 11.9 Å². The number of unbranched alkanes of at least 4 members (excludes halogenated alkanes) is 1. The van der Waals surface area contributed by atoms with E-state index >= 15 is 0 Å². The van der Waals surface area contributed by atoms with Crippen molar-refractivity contribution in [3.05, 3.63) is 35.9 Å². The lowest BCUT2D eigenvalue weighted by atomic mass is 10.1. The van der Waals surface area contributed by atoms with Crippen LogP contribution in [0.3, 0.4) is 0 Å². The van der Waals surface area contributed by atoms with Crippen molar-refractivity contribution in [2.24, 2.45) is 11.5 Å². The van der Waals surface area contributed by atoms with E-state index in [2.05, 4.69) is 16.0 Å². The van der Waals surface area contributed by atoms with Gasteiger partial charge in [0.25, 0.3) is 0 Å². The van der Waals surface area contributed by atoms with E-state index in [1.807, 2.05) is 0 Å². The molecule has 12 heteroatoms. The molecule has 0 heterocycles. The Hall–Kier alpha value is -3.51. The Kier molecular flexibility index (Phi) is 12.9. The molecule has 3 amide bonds. The normalized spacial score (nSPS) is 13.2. The second-order valence-electron chi connectivity index (χ2n) is 7.75. The van der Waals surface area contributed by atoms with Gasteiger partial charge in [0.05, 0.1) is 12.6 Å². The van der Waals surface area contributed by atoms with Crippen LogP contribution in [0, 0.1) is 0 Å². The van der Waals surface area contributed by atoms with Crippen LogP contribution in [0.15, 0.2) is 30.3 Å². The fourth-order valence-corrected chi connectivity index (χ4v) is 3.04. The smallest absolute Gasteiger partial charge is 0.326 e. The van der Waals surface area contributed by atoms with E-state index < -0.39 is 60.8 Å². The zero-order valence-corrected chi connectivity index (χ0v) is 18.9. The summed E-state index contributed by atoms with van der Waals surface area (Å²) in [6.45, 7) is -0.104. The number of carbonyl (C=O) groups is 5. The summed E-state index contributed by atoms with van der Waals surface area (Å²) in [5.41, 5.74) is 11.9. The van der Waals surface area contributed by atoms with E-state index in [0.717, 1.165) is 0 Å². The van der Waals surface area contributed by atoms with Crippen LogP contribution >= 0.6 is 0 Å². The molecular formula is C22H33N5O7. The van der Waals surface area contributed by atoms with Crippen LogP contribution in [0.1, 0.15) is 37.7 Å². The Balaban J connectivity index is 2.66. The minimum Gasteiger partial charge on any atom is -0.481 e. The highest BCUT2D eigenvalue weighted by molar-refractivity contribution is 5.92. The number of hydrogen-bond donors (Lipinski definition) is 7. The monoisotopic (exact) mass is 479 g/mol. The molecule has 0 saturated carbocycles. The van der Waals surface area contributed by atoms with E-state index in [-0.39, 0.29) is 12.8 Å². The topological polar surface area (TPSA) is 214 Å². The maximum absolute atomic E-state index is 12.5. The molecule has 34 heavy (non-hydrogen) atoms. The van der Waals surface area contributed by atoms with Gasteiger partial charge < -0.3 is 37.6 Å². The average molecular weight is 480 g/mol. The van der Waals surface area contributed by atoms with Gasteiger partial charge in [-0.1, -0.05) is 36.8 Å². The van der Waals surface area contributed by atoms with Crippen molar-refractivity contribution >= 4 is 29.7 Å². The van der Waals surface area contributed by atoms with Crippen molar-refractivity contribution in [2.45, 2.75) is 56.7 Å². The molecule has 188 valence electrons. The Morgan fingerprint density at radius 2 is 1.56 bits per heavy atom. The average Bonchev–Trinajstić information content (AvgIpc) is 2.80. The molecule has 1 aromatic carbocycles. The third kappa shape index (κ3) is 11.4. The fraction of sp³-hybridized carbons (Fsp3) is 0.500. The van der Waals surface area contributed by atoms with Crippen molar-refractivity contribution in [3.8, 4) is 0 Å². The van der Waals surface area contributed by atoms with E-state index in [9.17, 15) is 29.1 Å². The van der Waals surface area contributed by atoms with E-state index in [1.54, 1.807) is 30.3 Å². The SMILES string of the molecule is NCCCCC(N)C(=O)NC(CCC(=O)O)C(=O)NCC(=O)NC(Cc1ccccc1)C(=O)O. The first-order valence-electron chi connectivity index (χ1n) is 11.0. The fourth-order valence-electron chi connectivity index (χ4n) is 3.04. The molecule has 3 atom stereocenters. The number of carboxylic acids is 2. The number of benzene rings is 1. The maximum Gasteiger partial charge on any atom is 0.326 e. The standard InChI is InChI=1S/C22H33N5O7/c23-11-5-4-8-15(24)20(31)27-16(9-10-19(29)30)21(32)25-13-18(28)26-17(22(33)34)12-14-6-2-1-3-7-14/h1-3,6-7,15-17H,4-5,8-13,23-24H2,(H,25,32)(H,26,28)(H,27,31)(H,29,30)(H,33,34). The molecule has 0 fully saturated rings. The first-order chi connectivity index (χ1) is 16.1. The Morgan fingerprint density at radius 3 is 2.15 bits per heavy atom. The lowest BCUT2D eigenvalue weighted by Crippen LogP contribution is -2.53. The molecule has 9 N–H and O–H groups in total. The van der Waals surface area contributed by atoms with Crippen molar-refractivity contribution in [1.82, 2.24) is 16.0 Å².